The number of unbranched alkanes of at least 4 members (excludes halogenated alkanes) is 14. The Labute approximate surface area is 577 Å². The fourth-order valence-electron chi connectivity index (χ4n) is 12.5. The zero-order chi connectivity index (χ0) is 71.2. The zero-order valence-corrected chi connectivity index (χ0v) is 59.4. The van der Waals surface area contributed by atoms with E-state index in [0.29, 0.717) is 17.8 Å². The number of aromatic nitrogens is 12. The maximum absolute atomic E-state index is 14.6. The van der Waals surface area contributed by atoms with Gasteiger partial charge in [-0.1, -0.05) is 96.8 Å². The molecule has 44 heteroatoms. The van der Waals surface area contributed by atoms with E-state index in [4.69, 9.17) is 82.4 Å². The number of ether oxygens (including phenoxy) is 6. The molecule has 7 unspecified atom stereocenters. The van der Waals surface area contributed by atoms with Crippen molar-refractivity contribution in [2.45, 2.75) is 196 Å². The minimum absolute atomic E-state index is 0.00971. The molecule has 556 valence electrons. The van der Waals surface area contributed by atoms with Crippen LogP contribution in [0, 0.1) is 0 Å². The first-order valence-electron chi connectivity index (χ1n) is 32.9. The number of esters is 1. The molecule has 0 aromatic carbocycles. The van der Waals surface area contributed by atoms with Crippen molar-refractivity contribution in [1.82, 2.24) is 58.6 Å². The molecule has 0 radical (unpaired) electrons. The summed E-state index contributed by atoms with van der Waals surface area (Å²) in [5.74, 6) is -0.735. The van der Waals surface area contributed by atoms with Crippen LogP contribution in [0.3, 0.4) is 0 Å². The number of imidazole rings is 3. The Bertz CT molecular complexity index is 3870. The summed E-state index contributed by atoms with van der Waals surface area (Å²) in [5.41, 5.74) is 16.9. The molecule has 12 N–H and O–H groups in total. The van der Waals surface area contributed by atoms with Crippen LogP contribution < -0.4 is 17.2 Å². The molecule has 39 nitrogen and oxygen atoms in total. The van der Waals surface area contributed by atoms with Crippen molar-refractivity contribution < 1.29 is 113 Å². The van der Waals surface area contributed by atoms with Crippen LogP contribution in [0.1, 0.15) is 141 Å². The highest BCUT2D eigenvalue weighted by molar-refractivity contribution is 8.54. The molecule has 16 atom stereocenters. The van der Waals surface area contributed by atoms with Gasteiger partial charge >= 0.3 is 36.2 Å². The third-order valence-corrected chi connectivity index (χ3v) is 23.2. The first-order chi connectivity index (χ1) is 48.0. The molecule has 0 spiro atoms. The van der Waals surface area contributed by atoms with Gasteiger partial charge in [0.05, 0.1) is 52.0 Å². The number of fused-ring (bicyclic) bond motifs is 4. The van der Waals surface area contributed by atoms with Gasteiger partial charge in [-0.05, 0) is 30.6 Å². The van der Waals surface area contributed by atoms with Gasteiger partial charge in [-0.3, -0.25) is 50.2 Å². The van der Waals surface area contributed by atoms with Gasteiger partial charge in [0.1, 0.15) is 96.6 Å². The van der Waals surface area contributed by atoms with Gasteiger partial charge in [0, 0.05) is 25.9 Å². The Morgan fingerprint density at radius 1 is 0.600 bits per heavy atom. The average Bonchev–Trinajstić information content (AvgIpc) is 1.58. The number of methoxy groups -OCH3 is 1. The lowest BCUT2D eigenvalue weighted by atomic mass is 9.89. The van der Waals surface area contributed by atoms with Gasteiger partial charge in [0.15, 0.2) is 53.1 Å². The van der Waals surface area contributed by atoms with Crippen LogP contribution in [0.5, 0.6) is 0 Å². The van der Waals surface area contributed by atoms with Crippen molar-refractivity contribution in [3.8, 4) is 0 Å². The number of aliphatic hydroxyl groups is 2. The molecule has 0 amide bonds. The minimum atomic E-state index is -5.53. The Kier molecular flexibility index (Phi) is 27.4. The summed E-state index contributed by atoms with van der Waals surface area (Å²) in [7, 11) is -14.6. The standard InChI is InChI=1S/C56H87N15O24P4S/c1-3-4-5-6-7-8-9-10-11-12-13-14-15-16-17-19-37(73)84-24-25-100-99(81,82)95-45-46-56(20-18-22-85-46,92-55(45)71-34-68-40-49(59)62-31-65-52(40)71)28-89-98(79,80)93-43-41(74)35(90-53(43)69-32-66-38-47(57)60-29-63-50(38)69)26-88-97(77,78)94-44-42(83-2)36(27-87-96(75,76)86-23-21-72)91-54(44)70-33-67-39-48(58)61-30-64-51(39)70/h29-36,41-46,53-55,72,74H,3-28H2,1-2H3,(H,75,76)(H,77,78)(H,79,80)(H,81,82)(H2,57,60,63)(H2,58,61,64)(H2,59,62,65)/t35-,36-,41+,42+,43?,44?,45?,46-,53-,54-,55-,56-/m1/s1. The first-order valence-corrected chi connectivity index (χ1v) is 40.6. The highest BCUT2D eigenvalue weighted by atomic mass is 32.7. The molecular weight excluding hydrogens is 1420 g/mol. The van der Waals surface area contributed by atoms with E-state index in [1.807, 2.05) is 0 Å². The molecule has 6 aromatic rings. The fraction of sp³-hybridized carbons (Fsp3) is 0.714. The molecule has 4 fully saturated rings. The number of aliphatic hydroxyl groups excluding tert-OH is 2. The third-order valence-electron chi connectivity index (χ3n) is 17.3. The lowest BCUT2D eigenvalue weighted by Gasteiger charge is -2.38. The highest BCUT2D eigenvalue weighted by Crippen LogP contribution is 2.62. The summed E-state index contributed by atoms with van der Waals surface area (Å²) < 4.78 is 135. The van der Waals surface area contributed by atoms with Crippen LogP contribution in [-0.4, -0.2) is 208 Å². The molecule has 100 heavy (non-hydrogen) atoms. The molecule has 0 saturated carbocycles. The number of carbonyl (C=O) groups is 1. The van der Waals surface area contributed by atoms with Crippen molar-refractivity contribution in [3.05, 3.63) is 38.0 Å². The van der Waals surface area contributed by atoms with Gasteiger partial charge < -0.3 is 75.4 Å². The normalized spacial score (nSPS) is 27.2. The van der Waals surface area contributed by atoms with E-state index in [1.54, 1.807) is 0 Å². The number of anilines is 3. The summed E-state index contributed by atoms with van der Waals surface area (Å²) in [6.07, 6.45) is 7.50. The lowest BCUT2D eigenvalue weighted by molar-refractivity contribution is -0.165. The molecule has 4 aliphatic rings. The van der Waals surface area contributed by atoms with E-state index in [1.165, 1.54) is 97.7 Å². The van der Waals surface area contributed by atoms with E-state index < -0.39 is 142 Å². The Morgan fingerprint density at radius 2 is 1.09 bits per heavy atom. The Hall–Kier alpha value is -4.93. The molecule has 6 aromatic heterocycles. The van der Waals surface area contributed by atoms with Gasteiger partial charge in [-0.25, -0.2) is 63.1 Å². The molecule has 10 rings (SSSR count). The number of carbonyl (C=O) groups excluding carboxylic acids is 1. The van der Waals surface area contributed by atoms with E-state index in [0.717, 1.165) is 51.0 Å². The summed E-state index contributed by atoms with van der Waals surface area (Å²) in [4.78, 5) is 95.3. The van der Waals surface area contributed by atoms with Crippen molar-refractivity contribution in [2.24, 2.45) is 0 Å². The Morgan fingerprint density at radius 3 is 1.64 bits per heavy atom. The second kappa shape index (κ2) is 35.2. The summed E-state index contributed by atoms with van der Waals surface area (Å²) in [6.45, 7) is -6.45. The number of nitrogens with zero attached hydrogens (tertiary/aromatic N) is 12. The van der Waals surface area contributed by atoms with Crippen molar-refractivity contribution >= 4 is 98.6 Å². The number of rotatable bonds is 42. The predicted molar refractivity (Wildman–Crippen MR) is 353 cm³/mol. The topological polar surface area (TPSA) is 536 Å². The van der Waals surface area contributed by atoms with E-state index in [9.17, 15) is 47.7 Å². The maximum Gasteiger partial charge on any atom is 0.472 e. The summed E-state index contributed by atoms with van der Waals surface area (Å²) >= 11 is 0.497. The number of hydrogen-bond donors (Lipinski definition) is 9. The largest absolute Gasteiger partial charge is 0.472 e. The van der Waals surface area contributed by atoms with Gasteiger partial charge in [0.2, 0.25) is 0 Å². The molecule has 0 aliphatic carbocycles. The maximum atomic E-state index is 14.6. The minimum Gasteiger partial charge on any atom is -0.465 e. The number of nitrogens with two attached hydrogens (primary N) is 3. The fourth-order valence-corrected chi connectivity index (χ4v) is 17.5. The van der Waals surface area contributed by atoms with E-state index in [2.05, 4.69) is 51.8 Å². The van der Waals surface area contributed by atoms with Crippen molar-refractivity contribution in [2.75, 3.05) is 76.3 Å². The second-order valence-corrected chi connectivity index (χ2v) is 32.5. The smallest absolute Gasteiger partial charge is 0.465 e. The van der Waals surface area contributed by atoms with Crippen molar-refractivity contribution in [1.29, 1.82) is 0 Å². The van der Waals surface area contributed by atoms with Gasteiger partial charge in [-0.15, -0.1) is 0 Å². The summed E-state index contributed by atoms with van der Waals surface area (Å²) in [5, 5.41) is 21.3. The molecular formula is C56H87N15O24P4S. The number of phosphoric ester groups is 3. The SMILES string of the molecule is CCCCCCCCCCCCCCCCCC(=O)OCCSP(=O)(O)OC1[C@H](n2cnc3c(N)ncnc32)O[C@@]2(COP(=O)(O)OC3[C@@H](O)[C@@H](COP(=O)(O)OC4[C@@H](OC)[C@@H](COP(=O)(O)OCCO)O[C@H]4n4cnc5c(N)ncnc54)O[C@H]3n3cnc4c(N)ncnc43)CCCO[C@H]12. The third kappa shape index (κ3) is 19.5. The van der Waals surface area contributed by atoms with Crippen LogP contribution in [0.2, 0.25) is 0 Å². The highest BCUT2D eigenvalue weighted by Gasteiger charge is 2.62. The first kappa shape index (κ1) is 77.7. The van der Waals surface area contributed by atoms with Crippen LogP contribution in [-0.2, 0) is 83.1 Å². The average molecular weight is 1510 g/mol. The van der Waals surface area contributed by atoms with Crippen LogP contribution >= 0.6 is 41.6 Å². The predicted octanol–water partition coefficient (Wildman–Crippen LogP) is 6.02. The van der Waals surface area contributed by atoms with Gasteiger partial charge in [0.25, 0.3) is 0 Å². The van der Waals surface area contributed by atoms with Crippen LogP contribution in [0.15, 0.2) is 38.0 Å². The quantitative estimate of drug-likeness (QED) is 0.0120. The number of hydrogen-bond acceptors (Lipinski definition) is 33. The van der Waals surface area contributed by atoms with Crippen molar-refractivity contribution in [3.63, 3.8) is 0 Å². The zero-order valence-electron chi connectivity index (χ0n) is 55.0. The second-order valence-electron chi connectivity index (χ2n) is 24.3. The van der Waals surface area contributed by atoms with E-state index in [-0.39, 0.29) is 89.2 Å². The number of nitrogen functional groups attached to an aromatic ring is 3. The van der Waals surface area contributed by atoms with Crippen LogP contribution in [0.4, 0.5) is 17.5 Å². The molecule has 0 bridgehead atoms. The van der Waals surface area contributed by atoms with Gasteiger partial charge in [-0.2, -0.15) is 0 Å². The number of phosphoric acid groups is 3. The monoisotopic (exact) mass is 1510 g/mol. The van der Waals surface area contributed by atoms with Crippen LogP contribution in [0.25, 0.3) is 33.5 Å². The molecule has 10 heterocycles. The summed E-state index contributed by atoms with van der Waals surface area (Å²) in [6, 6.07) is 0. The van der Waals surface area contributed by atoms with E-state index >= 15 is 0 Å². The Balaban J connectivity index is 0.797. The molecule has 4 aliphatic heterocycles. The molecule has 4 saturated heterocycles. The lowest BCUT2D eigenvalue weighted by Crippen LogP contribution is -2.51.